The minimum absolute atomic E-state index is 0.0991. The second-order valence-electron chi connectivity index (χ2n) is 7.94. The number of esters is 1. The average Bonchev–Trinajstić information content (AvgIpc) is 3.52. The van der Waals surface area contributed by atoms with Crippen molar-refractivity contribution >= 4 is 17.7 Å². The molecule has 1 saturated heterocycles. The lowest BCUT2D eigenvalue weighted by Crippen LogP contribution is -2.33. The minimum Gasteiger partial charge on any atom is -0.469 e. The van der Waals surface area contributed by atoms with E-state index in [2.05, 4.69) is 21.4 Å². The lowest BCUT2D eigenvalue weighted by Gasteiger charge is -2.16. The van der Waals surface area contributed by atoms with Gasteiger partial charge in [-0.2, -0.15) is 0 Å². The number of nitrogens with zero attached hydrogens (tertiary/aromatic N) is 5. The fraction of sp³-hybridized carbons (Fsp3) is 0.348. The second kappa shape index (κ2) is 8.07. The quantitative estimate of drug-likeness (QED) is 0.551. The van der Waals surface area contributed by atoms with Gasteiger partial charge in [-0.05, 0) is 54.7 Å². The van der Waals surface area contributed by atoms with Gasteiger partial charge in [0.2, 0.25) is 0 Å². The van der Waals surface area contributed by atoms with Gasteiger partial charge in [0, 0.05) is 18.2 Å². The van der Waals surface area contributed by atoms with Gasteiger partial charge in [0.15, 0.2) is 5.82 Å². The van der Waals surface area contributed by atoms with E-state index in [4.69, 9.17) is 9.47 Å². The van der Waals surface area contributed by atoms with Gasteiger partial charge >= 0.3 is 12.1 Å². The third kappa shape index (κ3) is 3.49. The molecule has 0 radical (unpaired) electrons. The Morgan fingerprint density at radius 3 is 2.81 bits per heavy atom. The SMILES string of the molecule is CCc1cn(-c2ccc(-c3ccc4c(c3)C[C@H]3[C@H](CCC(=O)OC)OC(=O)N43)cn2)nn1. The van der Waals surface area contributed by atoms with Crippen molar-refractivity contribution in [1.29, 1.82) is 0 Å². The van der Waals surface area contributed by atoms with Crippen LogP contribution < -0.4 is 4.90 Å². The maximum atomic E-state index is 12.5. The summed E-state index contributed by atoms with van der Waals surface area (Å²) in [6, 6.07) is 9.85. The topological polar surface area (TPSA) is 99.4 Å². The van der Waals surface area contributed by atoms with Crippen molar-refractivity contribution in [3.05, 3.63) is 54.0 Å². The second-order valence-corrected chi connectivity index (χ2v) is 7.94. The van der Waals surface area contributed by atoms with Crippen molar-refractivity contribution in [2.24, 2.45) is 0 Å². The van der Waals surface area contributed by atoms with E-state index >= 15 is 0 Å². The fourth-order valence-corrected chi connectivity index (χ4v) is 4.33. The molecule has 0 N–H and O–H groups in total. The Labute approximate surface area is 185 Å². The summed E-state index contributed by atoms with van der Waals surface area (Å²) in [4.78, 5) is 30.2. The lowest BCUT2D eigenvalue weighted by atomic mass is 9.99. The van der Waals surface area contributed by atoms with Gasteiger partial charge in [-0.15, -0.1) is 5.10 Å². The van der Waals surface area contributed by atoms with Gasteiger partial charge in [-0.1, -0.05) is 18.2 Å². The van der Waals surface area contributed by atoms with Gasteiger partial charge in [-0.25, -0.2) is 14.5 Å². The number of hydrogen-bond donors (Lipinski definition) is 0. The number of hydrogen-bond acceptors (Lipinski definition) is 7. The number of anilines is 1. The summed E-state index contributed by atoms with van der Waals surface area (Å²) in [6.45, 7) is 2.03. The number of pyridine rings is 1. The summed E-state index contributed by atoms with van der Waals surface area (Å²) in [5.74, 6) is 0.406. The van der Waals surface area contributed by atoms with E-state index in [1.54, 1.807) is 9.58 Å². The van der Waals surface area contributed by atoms with E-state index in [1.165, 1.54) is 7.11 Å². The molecule has 2 aliphatic rings. The molecule has 0 saturated carbocycles. The number of aryl methyl sites for hydroxylation is 1. The van der Waals surface area contributed by atoms with Crippen LogP contribution in [0.2, 0.25) is 0 Å². The van der Waals surface area contributed by atoms with Crippen LogP contribution in [0.25, 0.3) is 16.9 Å². The first-order valence-corrected chi connectivity index (χ1v) is 10.6. The molecule has 2 atom stereocenters. The zero-order valence-corrected chi connectivity index (χ0v) is 17.9. The lowest BCUT2D eigenvalue weighted by molar-refractivity contribution is -0.141. The Kier molecular flexibility index (Phi) is 5.08. The van der Waals surface area contributed by atoms with Gasteiger partial charge in [-0.3, -0.25) is 9.69 Å². The smallest absolute Gasteiger partial charge is 0.415 e. The highest BCUT2D eigenvalue weighted by Crippen LogP contribution is 2.41. The zero-order valence-electron chi connectivity index (χ0n) is 17.9. The van der Waals surface area contributed by atoms with E-state index in [1.807, 2.05) is 43.6 Å². The number of rotatable bonds is 6. The monoisotopic (exact) mass is 433 g/mol. The molecule has 3 aromatic rings. The average molecular weight is 433 g/mol. The first-order valence-electron chi connectivity index (χ1n) is 10.6. The van der Waals surface area contributed by atoms with Gasteiger partial charge in [0.25, 0.3) is 0 Å². The fourth-order valence-electron chi connectivity index (χ4n) is 4.33. The molecule has 5 rings (SSSR count). The molecular formula is C23H23N5O4. The number of fused-ring (bicyclic) bond motifs is 3. The molecular weight excluding hydrogens is 410 g/mol. The normalized spacial score (nSPS) is 18.9. The molecule has 0 spiro atoms. The third-order valence-electron chi connectivity index (χ3n) is 6.06. The molecule has 164 valence electrons. The summed E-state index contributed by atoms with van der Waals surface area (Å²) >= 11 is 0. The zero-order chi connectivity index (χ0) is 22.2. The van der Waals surface area contributed by atoms with E-state index in [0.29, 0.717) is 18.7 Å². The Morgan fingerprint density at radius 2 is 2.09 bits per heavy atom. The van der Waals surface area contributed by atoms with Crippen LogP contribution in [0.1, 0.15) is 31.0 Å². The number of aromatic nitrogens is 4. The minimum atomic E-state index is -0.360. The standard InChI is InChI=1S/C23H23N5O4/c1-3-17-13-27(26-25-17)21-8-5-15(12-24-21)14-4-6-18-16(10-14)11-19-20(7-9-22(29)31-2)32-23(30)28(18)19/h4-6,8,10,12-13,19-20H,3,7,9,11H2,1-2H3/t19-,20-/m0/s1. The molecule has 4 heterocycles. The van der Waals surface area contributed by atoms with Crippen molar-refractivity contribution in [3.63, 3.8) is 0 Å². The molecule has 9 nitrogen and oxygen atoms in total. The van der Waals surface area contributed by atoms with E-state index < -0.39 is 0 Å². The van der Waals surface area contributed by atoms with Crippen LogP contribution in [0.5, 0.6) is 0 Å². The Hall–Kier alpha value is -3.75. The van der Waals surface area contributed by atoms with Crippen molar-refractivity contribution in [2.75, 3.05) is 12.0 Å². The summed E-state index contributed by atoms with van der Waals surface area (Å²) in [5, 5.41) is 8.21. The van der Waals surface area contributed by atoms with Crippen LogP contribution in [0.15, 0.2) is 42.7 Å². The number of ether oxygens (including phenoxy) is 2. The van der Waals surface area contributed by atoms with Crippen molar-refractivity contribution in [2.45, 2.75) is 44.8 Å². The highest BCUT2D eigenvalue weighted by Gasteiger charge is 2.47. The molecule has 1 amide bonds. The summed E-state index contributed by atoms with van der Waals surface area (Å²) in [7, 11) is 1.36. The largest absolute Gasteiger partial charge is 0.469 e. The molecule has 2 aromatic heterocycles. The Bertz CT molecular complexity index is 1170. The van der Waals surface area contributed by atoms with Gasteiger partial charge in [0.05, 0.1) is 30.7 Å². The molecule has 0 aliphatic carbocycles. The van der Waals surface area contributed by atoms with Gasteiger partial charge in [0.1, 0.15) is 6.10 Å². The number of carbonyl (C=O) groups excluding carboxylic acids is 2. The first-order chi connectivity index (χ1) is 15.6. The molecule has 1 aromatic carbocycles. The van der Waals surface area contributed by atoms with Crippen LogP contribution >= 0.6 is 0 Å². The Morgan fingerprint density at radius 1 is 1.25 bits per heavy atom. The van der Waals surface area contributed by atoms with Crippen LogP contribution in [-0.2, 0) is 27.1 Å². The van der Waals surface area contributed by atoms with Crippen molar-refractivity contribution in [1.82, 2.24) is 20.0 Å². The highest BCUT2D eigenvalue weighted by atomic mass is 16.6. The first kappa shape index (κ1) is 20.2. The van der Waals surface area contributed by atoms with Crippen LogP contribution in [-0.4, -0.2) is 51.3 Å². The van der Waals surface area contributed by atoms with Crippen LogP contribution in [0.3, 0.4) is 0 Å². The number of carbonyl (C=O) groups is 2. The maximum absolute atomic E-state index is 12.5. The van der Waals surface area contributed by atoms with Gasteiger partial charge < -0.3 is 9.47 Å². The highest BCUT2D eigenvalue weighted by molar-refractivity contribution is 5.94. The van der Waals surface area contributed by atoms with E-state index in [-0.39, 0.29) is 30.6 Å². The number of cyclic esters (lactones) is 1. The molecule has 1 fully saturated rings. The van der Waals surface area contributed by atoms with Crippen molar-refractivity contribution < 1.29 is 19.1 Å². The maximum Gasteiger partial charge on any atom is 0.415 e. The van der Waals surface area contributed by atoms with E-state index in [9.17, 15) is 9.59 Å². The predicted molar refractivity (Wildman–Crippen MR) is 115 cm³/mol. The van der Waals surface area contributed by atoms with E-state index in [0.717, 1.165) is 34.5 Å². The van der Waals surface area contributed by atoms with Crippen molar-refractivity contribution in [3.8, 4) is 16.9 Å². The summed E-state index contributed by atoms with van der Waals surface area (Å²) < 4.78 is 11.9. The number of benzene rings is 1. The molecule has 32 heavy (non-hydrogen) atoms. The number of methoxy groups -OCH3 is 1. The number of amides is 1. The van der Waals surface area contributed by atoms with Crippen LogP contribution in [0, 0.1) is 0 Å². The molecule has 9 heteroatoms. The summed E-state index contributed by atoms with van der Waals surface area (Å²) in [6.07, 6.45) is 5.19. The molecule has 0 bridgehead atoms. The Balaban J connectivity index is 1.35. The third-order valence-corrected chi connectivity index (χ3v) is 6.06. The molecule has 0 unspecified atom stereocenters. The predicted octanol–water partition coefficient (Wildman–Crippen LogP) is 3.09. The summed E-state index contributed by atoms with van der Waals surface area (Å²) in [5.41, 5.74) is 4.86. The van der Waals surface area contributed by atoms with Crippen LogP contribution in [0.4, 0.5) is 10.5 Å². The molecule has 2 aliphatic heterocycles.